The summed E-state index contributed by atoms with van der Waals surface area (Å²) in [6, 6.07) is 14.3. The van der Waals surface area contributed by atoms with Crippen molar-refractivity contribution in [1.29, 1.82) is 0 Å². The average molecular weight is 485 g/mol. The summed E-state index contributed by atoms with van der Waals surface area (Å²) in [5.41, 5.74) is 5.45. The lowest BCUT2D eigenvalue weighted by Gasteiger charge is -2.35. The predicted molar refractivity (Wildman–Crippen MR) is 137 cm³/mol. The van der Waals surface area contributed by atoms with E-state index in [1.54, 1.807) is 26.7 Å². The minimum Gasteiger partial charge on any atom is -0.508 e. The third-order valence-corrected chi connectivity index (χ3v) is 8.95. The van der Waals surface area contributed by atoms with Crippen molar-refractivity contribution in [3.63, 3.8) is 0 Å². The molecule has 168 valence electrons. The highest BCUT2D eigenvalue weighted by Crippen LogP contribution is 2.42. The molecule has 0 saturated carbocycles. The Balaban J connectivity index is 1.55. The average Bonchev–Trinajstić information content (AvgIpc) is 3.17. The second-order valence-corrected chi connectivity index (χ2v) is 11.4. The van der Waals surface area contributed by atoms with Crippen molar-refractivity contribution in [1.82, 2.24) is 9.80 Å². The zero-order chi connectivity index (χ0) is 22.8. The summed E-state index contributed by atoms with van der Waals surface area (Å²) in [6.07, 6.45) is 0. The molecule has 1 saturated heterocycles. The number of phenols is 1. The van der Waals surface area contributed by atoms with Gasteiger partial charge in [0, 0.05) is 49.8 Å². The lowest BCUT2D eigenvalue weighted by atomic mass is 10.0. The fraction of sp³-hybridized carbons (Fsp3) is 0.360. The minimum absolute atomic E-state index is 0.0335. The monoisotopic (exact) mass is 484 g/mol. The third-order valence-electron chi connectivity index (χ3n) is 5.89. The van der Waals surface area contributed by atoms with E-state index in [4.69, 9.17) is 12.2 Å². The first-order chi connectivity index (χ1) is 15.3. The largest absolute Gasteiger partial charge is 0.508 e. The standard InChI is InChI=1S/C25H28N2O2S3/c1-16(2)24(29)27-12-10-26(11-13-27)15-20-14-19(8-9-21(20)28)23-22(25(30)32-31-23)18-6-4-17(3)5-7-18/h4-9,14,16,28H,10-13,15H2,1-3H3. The molecule has 2 aromatic carbocycles. The van der Waals surface area contributed by atoms with Crippen LogP contribution in [0.25, 0.3) is 21.6 Å². The zero-order valence-corrected chi connectivity index (χ0v) is 21.1. The van der Waals surface area contributed by atoms with E-state index in [2.05, 4.69) is 42.2 Å². The smallest absolute Gasteiger partial charge is 0.225 e. The number of nitrogens with zero attached hydrogens (tertiary/aromatic N) is 2. The summed E-state index contributed by atoms with van der Waals surface area (Å²) in [7, 11) is 3.32. The number of benzene rings is 2. The third kappa shape index (κ3) is 4.96. The molecule has 1 amide bonds. The van der Waals surface area contributed by atoms with Gasteiger partial charge in [0.2, 0.25) is 5.91 Å². The summed E-state index contributed by atoms with van der Waals surface area (Å²) in [5, 5.41) is 10.5. The molecular weight excluding hydrogens is 456 g/mol. The lowest BCUT2D eigenvalue weighted by Crippen LogP contribution is -2.49. The summed E-state index contributed by atoms with van der Waals surface area (Å²) in [5.74, 6) is 0.563. The SMILES string of the molecule is Cc1ccc(-c2c(-c3ccc(O)c(CN4CCN(C(=O)C(C)C)CC4)c3)ssc2=S)cc1. The summed E-state index contributed by atoms with van der Waals surface area (Å²) >= 11 is 5.67. The van der Waals surface area contributed by atoms with Gasteiger partial charge in [-0.05, 0) is 36.2 Å². The number of carbonyl (C=O) groups is 1. The van der Waals surface area contributed by atoms with E-state index >= 15 is 0 Å². The molecule has 0 unspecified atom stereocenters. The molecule has 2 heterocycles. The Morgan fingerprint density at radius 1 is 1.03 bits per heavy atom. The maximum absolute atomic E-state index is 12.2. The molecule has 1 aromatic heterocycles. The van der Waals surface area contributed by atoms with Gasteiger partial charge >= 0.3 is 0 Å². The van der Waals surface area contributed by atoms with Crippen molar-refractivity contribution in [3.8, 4) is 27.3 Å². The van der Waals surface area contributed by atoms with Gasteiger partial charge in [0.1, 0.15) is 9.57 Å². The number of hydrogen-bond donors (Lipinski definition) is 1. The number of phenolic OH excluding ortho intramolecular Hbond substituents is 1. The van der Waals surface area contributed by atoms with Crippen LogP contribution in [0.15, 0.2) is 42.5 Å². The number of carbonyl (C=O) groups excluding carboxylic acids is 1. The molecular formula is C25H28N2O2S3. The van der Waals surface area contributed by atoms with Gasteiger partial charge in [-0.15, -0.1) is 0 Å². The van der Waals surface area contributed by atoms with E-state index in [0.29, 0.717) is 12.3 Å². The van der Waals surface area contributed by atoms with Gasteiger partial charge in [0.05, 0.1) is 4.88 Å². The Morgan fingerprint density at radius 2 is 1.69 bits per heavy atom. The molecule has 32 heavy (non-hydrogen) atoms. The highest BCUT2D eigenvalue weighted by molar-refractivity contribution is 7.80. The Hall–Kier alpha value is -2.06. The van der Waals surface area contributed by atoms with E-state index in [1.165, 1.54) is 5.56 Å². The first kappa shape index (κ1) is 23.1. The minimum atomic E-state index is 0.0335. The molecule has 0 radical (unpaired) electrons. The van der Waals surface area contributed by atoms with E-state index in [9.17, 15) is 9.90 Å². The van der Waals surface area contributed by atoms with Crippen molar-refractivity contribution in [2.24, 2.45) is 5.92 Å². The molecule has 3 aromatic rings. The Morgan fingerprint density at radius 3 is 2.34 bits per heavy atom. The van der Waals surface area contributed by atoms with E-state index in [0.717, 1.165) is 57.1 Å². The van der Waals surface area contributed by atoms with Crippen LogP contribution >= 0.6 is 32.9 Å². The fourth-order valence-corrected chi connectivity index (χ4v) is 6.91. The van der Waals surface area contributed by atoms with Crippen LogP contribution in [0.3, 0.4) is 0 Å². The first-order valence-corrected chi connectivity index (χ1v) is 13.4. The Bertz CT molecular complexity index is 1160. The van der Waals surface area contributed by atoms with Crippen LogP contribution < -0.4 is 0 Å². The van der Waals surface area contributed by atoms with Gasteiger partial charge < -0.3 is 10.0 Å². The number of aryl methyl sites for hydroxylation is 1. The second-order valence-electron chi connectivity index (χ2n) is 8.62. The van der Waals surface area contributed by atoms with Crippen molar-refractivity contribution in [2.75, 3.05) is 26.2 Å². The number of hydrogen-bond acceptors (Lipinski definition) is 6. The van der Waals surface area contributed by atoms with Gasteiger partial charge in [-0.2, -0.15) is 0 Å². The summed E-state index contributed by atoms with van der Waals surface area (Å²) in [4.78, 5) is 17.7. The van der Waals surface area contributed by atoms with Crippen molar-refractivity contribution < 1.29 is 9.90 Å². The fourth-order valence-electron chi connectivity index (χ4n) is 4.00. The topological polar surface area (TPSA) is 43.8 Å². The number of aromatic hydroxyl groups is 1. The molecule has 4 nitrogen and oxygen atoms in total. The maximum Gasteiger partial charge on any atom is 0.225 e. The quantitative estimate of drug-likeness (QED) is 0.347. The Labute approximate surface area is 202 Å². The van der Waals surface area contributed by atoms with Crippen LogP contribution in [0.2, 0.25) is 0 Å². The molecule has 7 heteroatoms. The zero-order valence-electron chi connectivity index (χ0n) is 18.6. The molecule has 1 N–H and O–H groups in total. The maximum atomic E-state index is 12.2. The summed E-state index contributed by atoms with van der Waals surface area (Å²) in [6.45, 7) is 9.74. The molecule has 0 spiro atoms. The molecule has 1 fully saturated rings. The first-order valence-electron chi connectivity index (χ1n) is 10.9. The number of rotatable bonds is 5. The molecule has 0 bridgehead atoms. The normalized spacial score (nSPS) is 14.8. The van der Waals surface area contributed by atoms with Crippen LogP contribution in [0.4, 0.5) is 0 Å². The van der Waals surface area contributed by atoms with Crippen LogP contribution in [0.1, 0.15) is 25.0 Å². The summed E-state index contributed by atoms with van der Waals surface area (Å²) < 4.78 is 0.898. The van der Waals surface area contributed by atoms with Crippen LogP contribution in [-0.2, 0) is 11.3 Å². The van der Waals surface area contributed by atoms with Crippen LogP contribution in [0, 0.1) is 16.7 Å². The molecule has 0 aliphatic carbocycles. The van der Waals surface area contributed by atoms with Gasteiger partial charge in [-0.1, -0.05) is 76.6 Å². The van der Waals surface area contributed by atoms with Crippen LogP contribution in [0.5, 0.6) is 5.75 Å². The van der Waals surface area contributed by atoms with E-state index in [-0.39, 0.29) is 11.8 Å². The predicted octanol–water partition coefficient (Wildman–Crippen LogP) is 6.19. The molecule has 0 atom stereocenters. The molecule has 4 rings (SSSR count). The van der Waals surface area contributed by atoms with E-state index < -0.39 is 0 Å². The second kappa shape index (κ2) is 9.83. The molecule has 1 aliphatic heterocycles. The van der Waals surface area contributed by atoms with Crippen molar-refractivity contribution in [2.45, 2.75) is 27.3 Å². The highest BCUT2D eigenvalue weighted by Gasteiger charge is 2.23. The van der Waals surface area contributed by atoms with Gasteiger partial charge in [0.25, 0.3) is 0 Å². The number of amides is 1. The van der Waals surface area contributed by atoms with Gasteiger partial charge in [-0.25, -0.2) is 0 Å². The van der Waals surface area contributed by atoms with Gasteiger partial charge in [0.15, 0.2) is 0 Å². The van der Waals surface area contributed by atoms with Crippen LogP contribution in [-0.4, -0.2) is 47.0 Å². The number of piperazine rings is 1. The van der Waals surface area contributed by atoms with Gasteiger partial charge in [-0.3, -0.25) is 9.69 Å². The molecule has 1 aliphatic rings. The van der Waals surface area contributed by atoms with Crippen molar-refractivity contribution in [3.05, 3.63) is 57.4 Å². The highest BCUT2D eigenvalue weighted by atomic mass is 32.9. The van der Waals surface area contributed by atoms with Crippen molar-refractivity contribution >= 4 is 38.8 Å². The van der Waals surface area contributed by atoms with E-state index in [1.807, 2.05) is 24.8 Å². The Kier molecular flexibility index (Phi) is 7.10. The lowest BCUT2D eigenvalue weighted by molar-refractivity contribution is -0.136.